The minimum Gasteiger partial charge on any atom is -0.462 e. The summed E-state index contributed by atoms with van der Waals surface area (Å²) in [4.78, 5) is 37.7. The van der Waals surface area contributed by atoms with Gasteiger partial charge >= 0.3 is 17.9 Å². The maximum absolute atomic E-state index is 12.7. The highest BCUT2D eigenvalue weighted by atomic mass is 16.6. The number of rotatable bonds is 45. The van der Waals surface area contributed by atoms with E-state index in [4.69, 9.17) is 14.2 Å². The van der Waals surface area contributed by atoms with E-state index in [9.17, 15) is 14.4 Å². The third kappa shape index (κ3) is 43.3. The summed E-state index contributed by atoms with van der Waals surface area (Å²) in [6.45, 7) is 6.61. The van der Waals surface area contributed by atoms with Crippen LogP contribution in [0.3, 0.4) is 0 Å². The molecule has 0 aromatic rings. The maximum atomic E-state index is 12.7. The van der Waals surface area contributed by atoms with Gasteiger partial charge in [0.1, 0.15) is 13.2 Å². The van der Waals surface area contributed by atoms with E-state index in [2.05, 4.69) is 32.9 Å². The zero-order valence-electron chi connectivity index (χ0n) is 37.7. The van der Waals surface area contributed by atoms with Crippen molar-refractivity contribution in [1.29, 1.82) is 0 Å². The topological polar surface area (TPSA) is 78.9 Å². The van der Waals surface area contributed by atoms with Gasteiger partial charge in [0.25, 0.3) is 0 Å². The molecular formula is C50H94O6. The number of hydrogen-bond donors (Lipinski definition) is 0. The van der Waals surface area contributed by atoms with Crippen LogP contribution in [0, 0.1) is 0 Å². The van der Waals surface area contributed by atoms with Crippen molar-refractivity contribution in [1.82, 2.24) is 0 Å². The van der Waals surface area contributed by atoms with Crippen LogP contribution in [0.5, 0.6) is 0 Å². The Morgan fingerprint density at radius 2 is 0.589 bits per heavy atom. The van der Waals surface area contributed by atoms with Gasteiger partial charge < -0.3 is 14.2 Å². The molecular weight excluding hydrogens is 697 g/mol. The fraction of sp³-hybridized carbons (Fsp3) is 0.900. The molecule has 0 aromatic heterocycles. The minimum absolute atomic E-state index is 0.0690. The maximum Gasteiger partial charge on any atom is 0.306 e. The summed E-state index contributed by atoms with van der Waals surface area (Å²) in [6, 6.07) is 0. The Labute approximate surface area is 348 Å². The van der Waals surface area contributed by atoms with Crippen molar-refractivity contribution in [2.75, 3.05) is 13.2 Å². The zero-order chi connectivity index (χ0) is 40.8. The first-order valence-corrected chi connectivity index (χ1v) is 24.7. The van der Waals surface area contributed by atoms with E-state index in [0.717, 1.165) is 64.2 Å². The van der Waals surface area contributed by atoms with Gasteiger partial charge in [-0.2, -0.15) is 0 Å². The standard InChI is InChI=1S/C50H94O6/c1-4-7-10-13-16-18-20-22-24-25-26-28-29-31-34-37-40-43-49(52)55-46-47(45-54-48(51)42-39-36-33-15-12-9-6-3)56-50(53)44-41-38-35-32-30-27-23-21-19-17-14-11-8-5-2/h21,23,47H,4-20,22,24-46H2,1-3H3/b23-21-. The fourth-order valence-corrected chi connectivity index (χ4v) is 7.26. The normalized spacial score (nSPS) is 12.0. The van der Waals surface area contributed by atoms with Gasteiger partial charge in [-0.3, -0.25) is 14.4 Å². The Kier molecular flexibility index (Phi) is 44.3. The van der Waals surface area contributed by atoms with Crippen molar-refractivity contribution in [3.05, 3.63) is 12.2 Å². The van der Waals surface area contributed by atoms with Crippen molar-refractivity contribution >= 4 is 17.9 Å². The molecule has 6 nitrogen and oxygen atoms in total. The molecule has 330 valence electrons. The molecule has 0 rings (SSSR count). The third-order valence-electron chi connectivity index (χ3n) is 11.0. The number of unbranched alkanes of at least 4 members (excludes halogenated alkanes) is 32. The van der Waals surface area contributed by atoms with E-state index in [1.807, 2.05) is 0 Å². The summed E-state index contributed by atoms with van der Waals surface area (Å²) in [5, 5.41) is 0. The molecule has 0 spiro atoms. The number of esters is 3. The summed E-state index contributed by atoms with van der Waals surface area (Å²) in [5.41, 5.74) is 0. The van der Waals surface area contributed by atoms with Crippen LogP contribution in [0.25, 0.3) is 0 Å². The average molecular weight is 791 g/mol. The first-order chi connectivity index (χ1) is 27.5. The van der Waals surface area contributed by atoms with E-state index < -0.39 is 6.10 Å². The SMILES string of the molecule is CCCCCCC/C=C\CCCCCCCC(=O)OC(COC(=O)CCCCCCCCC)COC(=O)CCCCCCCCCCCCCCCCCCC. The molecule has 0 fully saturated rings. The highest BCUT2D eigenvalue weighted by Crippen LogP contribution is 2.16. The molecule has 0 aliphatic rings. The van der Waals surface area contributed by atoms with Crippen molar-refractivity contribution < 1.29 is 28.6 Å². The van der Waals surface area contributed by atoms with Crippen LogP contribution < -0.4 is 0 Å². The molecule has 0 aliphatic heterocycles. The minimum atomic E-state index is -0.765. The van der Waals surface area contributed by atoms with E-state index in [1.54, 1.807) is 0 Å². The number of carbonyl (C=O) groups excluding carboxylic acids is 3. The Bertz CT molecular complexity index is 870. The van der Waals surface area contributed by atoms with E-state index in [1.165, 1.54) is 167 Å². The molecule has 56 heavy (non-hydrogen) atoms. The van der Waals surface area contributed by atoms with Crippen LogP contribution in [0.1, 0.15) is 271 Å². The first kappa shape index (κ1) is 54.2. The first-order valence-electron chi connectivity index (χ1n) is 24.7. The summed E-state index contributed by atoms with van der Waals surface area (Å²) in [7, 11) is 0. The largest absolute Gasteiger partial charge is 0.462 e. The van der Waals surface area contributed by atoms with Gasteiger partial charge in [0.05, 0.1) is 0 Å². The molecule has 0 saturated carbocycles. The van der Waals surface area contributed by atoms with Crippen molar-refractivity contribution in [2.24, 2.45) is 0 Å². The Morgan fingerprint density at radius 3 is 0.893 bits per heavy atom. The smallest absolute Gasteiger partial charge is 0.306 e. The lowest BCUT2D eigenvalue weighted by Crippen LogP contribution is -2.30. The van der Waals surface area contributed by atoms with Crippen LogP contribution >= 0.6 is 0 Å². The highest BCUT2D eigenvalue weighted by molar-refractivity contribution is 5.71. The summed E-state index contributed by atoms with van der Waals surface area (Å²) in [6.07, 6.45) is 49.2. The quantitative estimate of drug-likeness (QED) is 0.0264. The van der Waals surface area contributed by atoms with Crippen LogP contribution in [-0.2, 0) is 28.6 Å². The van der Waals surface area contributed by atoms with Gasteiger partial charge in [-0.05, 0) is 44.9 Å². The van der Waals surface area contributed by atoms with Crippen LogP contribution in [0.2, 0.25) is 0 Å². The van der Waals surface area contributed by atoms with Crippen LogP contribution in [0.15, 0.2) is 12.2 Å². The lowest BCUT2D eigenvalue weighted by Gasteiger charge is -2.18. The van der Waals surface area contributed by atoms with Gasteiger partial charge in [0, 0.05) is 19.3 Å². The average Bonchev–Trinajstić information content (AvgIpc) is 3.19. The molecule has 0 saturated heterocycles. The van der Waals surface area contributed by atoms with Gasteiger partial charge in [-0.15, -0.1) is 0 Å². The predicted molar refractivity (Wildman–Crippen MR) is 238 cm³/mol. The predicted octanol–water partition coefficient (Wildman–Crippen LogP) is 15.8. The zero-order valence-corrected chi connectivity index (χ0v) is 37.7. The molecule has 6 heteroatoms. The molecule has 0 heterocycles. The summed E-state index contributed by atoms with van der Waals surface area (Å²) in [5.74, 6) is -0.872. The van der Waals surface area contributed by atoms with Crippen molar-refractivity contribution in [2.45, 2.75) is 277 Å². The molecule has 1 atom stereocenters. The van der Waals surface area contributed by atoms with Gasteiger partial charge in [0.2, 0.25) is 0 Å². The Balaban J connectivity index is 4.23. The summed E-state index contributed by atoms with van der Waals surface area (Å²) >= 11 is 0. The van der Waals surface area contributed by atoms with Gasteiger partial charge in [-0.25, -0.2) is 0 Å². The number of allylic oxidation sites excluding steroid dienone is 2. The monoisotopic (exact) mass is 791 g/mol. The molecule has 0 bridgehead atoms. The lowest BCUT2D eigenvalue weighted by atomic mass is 10.0. The third-order valence-corrected chi connectivity index (χ3v) is 11.0. The van der Waals surface area contributed by atoms with Gasteiger partial charge in [-0.1, -0.05) is 219 Å². The van der Waals surface area contributed by atoms with Crippen molar-refractivity contribution in [3.8, 4) is 0 Å². The second-order valence-corrected chi connectivity index (χ2v) is 16.7. The van der Waals surface area contributed by atoms with E-state index in [0.29, 0.717) is 19.3 Å². The number of carbonyl (C=O) groups is 3. The summed E-state index contributed by atoms with van der Waals surface area (Å²) < 4.78 is 16.7. The van der Waals surface area contributed by atoms with E-state index >= 15 is 0 Å². The fourth-order valence-electron chi connectivity index (χ4n) is 7.26. The number of hydrogen-bond acceptors (Lipinski definition) is 6. The molecule has 0 amide bonds. The van der Waals surface area contributed by atoms with Crippen LogP contribution in [-0.4, -0.2) is 37.2 Å². The van der Waals surface area contributed by atoms with Gasteiger partial charge in [0.15, 0.2) is 6.10 Å². The lowest BCUT2D eigenvalue weighted by molar-refractivity contribution is -0.167. The number of ether oxygens (including phenoxy) is 3. The molecule has 0 aliphatic carbocycles. The molecule has 1 unspecified atom stereocenters. The second-order valence-electron chi connectivity index (χ2n) is 16.7. The highest BCUT2D eigenvalue weighted by Gasteiger charge is 2.19. The van der Waals surface area contributed by atoms with Crippen LogP contribution in [0.4, 0.5) is 0 Å². The molecule has 0 radical (unpaired) electrons. The van der Waals surface area contributed by atoms with E-state index in [-0.39, 0.29) is 31.1 Å². The molecule has 0 N–H and O–H groups in total. The second kappa shape index (κ2) is 45.8. The Hall–Kier alpha value is -1.85. The van der Waals surface area contributed by atoms with Crippen molar-refractivity contribution in [3.63, 3.8) is 0 Å². The Morgan fingerprint density at radius 1 is 0.339 bits per heavy atom. The molecule has 0 aromatic carbocycles.